The third-order valence-electron chi connectivity index (χ3n) is 4.11. The number of carbonyl (C=O) groups is 4. The zero-order chi connectivity index (χ0) is 20.1. The number of hydrogen-bond acceptors (Lipinski definition) is 6. The van der Waals surface area contributed by atoms with Crippen molar-refractivity contribution in [2.24, 2.45) is 5.73 Å². The molecular weight excluding hydrogens is 364 g/mol. The van der Waals surface area contributed by atoms with Gasteiger partial charge >= 0.3 is 5.97 Å². The molecule has 0 fully saturated rings. The number of primary amides is 1. The standard InChI is InChI=1S/C20H18N2O6/c21-17(23)12-28-16-9-4-3-8-15(16)20(26)27-11-5-10-22-18(24)13-6-1-2-7-14(13)19(22)25/h1-4,6-9H,5,10-12H2,(H2,21,23). The van der Waals surface area contributed by atoms with Gasteiger partial charge < -0.3 is 15.2 Å². The molecule has 144 valence electrons. The maximum absolute atomic E-state index is 12.3. The smallest absolute Gasteiger partial charge is 0.341 e. The minimum Gasteiger partial charge on any atom is -0.483 e. The average Bonchev–Trinajstić information content (AvgIpc) is 2.94. The Bertz CT molecular complexity index is 905. The Balaban J connectivity index is 1.53. The van der Waals surface area contributed by atoms with Crippen molar-refractivity contribution in [3.63, 3.8) is 0 Å². The Morgan fingerprint density at radius 3 is 2.18 bits per heavy atom. The number of esters is 1. The zero-order valence-corrected chi connectivity index (χ0v) is 14.9. The molecule has 8 heteroatoms. The number of amides is 3. The lowest BCUT2D eigenvalue weighted by Crippen LogP contribution is -2.31. The van der Waals surface area contributed by atoms with Crippen LogP contribution in [0.25, 0.3) is 0 Å². The highest BCUT2D eigenvalue weighted by molar-refractivity contribution is 6.21. The summed E-state index contributed by atoms with van der Waals surface area (Å²) in [5.74, 6) is -1.81. The first-order chi connectivity index (χ1) is 13.5. The van der Waals surface area contributed by atoms with E-state index in [0.29, 0.717) is 17.5 Å². The Labute approximate surface area is 160 Å². The normalized spacial score (nSPS) is 12.6. The molecule has 3 rings (SSSR count). The largest absolute Gasteiger partial charge is 0.483 e. The molecule has 0 aliphatic carbocycles. The Morgan fingerprint density at radius 2 is 1.54 bits per heavy atom. The van der Waals surface area contributed by atoms with Crippen molar-refractivity contribution in [2.45, 2.75) is 6.42 Å². The molecule has 0 aromatic heterocycles. The van der Waals surface area contributed by atoms with Crippen molar-refractivity contribution in [2.75, 3.05) is 19.8 Å². The van der Waals surface area contributed by atoms with Gasteiger partial charge in [0.1, 0.15) is 11.3 Å². The summed E-state index contributed by atoms with van der Waals surface area (Å²) >= 11 is 0. The number of rotatable bonds is 8. The quantitative estimate of drug-likeness (QED) is 0.419. The lowest BCUT2D eigenvalue weighted by molar-refractivity contribution is -0.119. The van der Waals surface area contributed by atoms with Crippen molar-refractivity contribution in [1.29, 1.82) is 0 Å². The molecule has 0 bridgehead atoms. The van der Waals surface area contributed by atoms with Crippen molar-refractivity contribution in [3.05, 3.63) is 65.2 Å². The molecule has 0 saturated carbocycles. The molecule has 0 unspecified atom stereocenters. The van der Waals surface area contributed by atoms with E-state index in [2.05, 4.69) is 0 Å². The van der Waals surface area contributed by atoms with Gasteiger partial charge in [0.05, 0.1) is 17.7 Å². The van der Waals surface area contributed by atoms with Gasteiger partial charge in [0.15, 0.2) is 6.61 Å². The molecule has 8 nitrogen and oxygen atoms in total. The lowest BCUT2D eigenvalue weighted by atomic mass is 10.1. The van der Waals surface area contributed by atoms with Gasteiger partial charge in [0.25, 0.3) is 17.7 Å². The Kier molecular flexibility index (Phi) is 5.69. The van der Waals surface area contributed by atoms with E-state index >= 15 is 0 Å². The molecule has 28 heavy (non-hydrogen) atoms. The van der Waals surface area contributed by atoms with Crippen LogP contribution in [-0.4, -0.2) is 48.3 Å². The number of fused-ring (bicyclic) bond motifs is 1. The van der Waals surface area contributed by atoms with Crippen LogP contribution < -0.4 is 10.5 Å². The summed E-state index contributed by atoms with van der Waals surface area (Å²) in [6.45, 7) is -0.208. The van der Waals surface area contributed by atoms with Crippen LogP contribution in [0.3, 0.4) is 0 Å². The minimum atomic E-state index is -0.663. The fourth-order valence-electron chi connectivity index (χ4n) is 2.82. The van der Waals surface area contributed by atoms with Crippen LogP contribution in [0.5, 0.6) is 5.75 Å². The van der Waals surface area contributed by atoms with Gasteiger partial charge in [-0.15, -0.1) is 0 Å². The van der Waals surface area contributed by atoms with Crippen LogP contribution in [0.4, 0.5) is 0 Å². The van der Waals surface area contributed by atoms with Gasteiger partial charge in [0, 0.05) is 6.54 Å². The number of imide groups is 1. The minimum absolute atomic E-state index is 0.0103. The van der Waals surface area contributed by atoms with Crippen LogP contribution >= 0.6 is 0 Å². The number of hydrogen-bond donors (Lipinski definition) is 1. The fraction of sp³-hybridized carbons (Fsp3) is 0.200. The molecule has 2 aromatic carbocycles. The molecule has 1 aliphatic heterocycles. The van der Waals surface area contributed by atoms with Gasteiger partial charge in [-0.3, -0.25) is 19.3 Å². The van der Waals surface area contributed by atoms with Gasteiger partial charge in [0.2, 0.25) is 0 Å². The third-order valence-corrected chi connectivity index (χ3v) is 4.11. The maximum Gasteiger partial charge on any atom is 0.341 e. The first-order valence-electron chi connectivity index (χ1n) is 8.61. The predicted molar refractivity (Wildman–Crippen MR) is 97.8 cm³/mol. The lowest BCUT2D eigenvalue weighted by Gasteiger charge is -2.14. The number of nitrogens with zero attached hydrogens (tertiary/aromatic N) is 1. The summed E-state index contributed by atoms with van der Waals surface area (Å²) in [7, 11) is 0. The van der Waals surface area contributed by atoms with Crippen molar-refractivity contribution in [1.82, 2.24) is 4.90 Å². The van der Waals surface area contributed by atoms with Gasteiger partial charge in [-0.2, -0.15) is 0 Å². The van der Waals surface area contributed by atoms with Gasteiger partial charge in [-0.1, -0.05) is 24.3 Å². The predicted octanol–water partition coefficient (Wildman–Crippen LogP) is 1.39. The summed E-state index contributed by atoms with van der Waals surface area (Å²) in [6, 6.07) is 12.9. The second-order valence-electron chi connectivity index (χ2n) is 6.05. The first kappa shape index (κ1) is 19.1. The molecule has 1 aliphatic rings. The second-order valence-corrected chi connectivity index (χ2v) is 6.05. The monoisotopic (exact) mass is 382 g/mol. The molecule has 0 spiro atoms. The van der Waals surface area contributed by atoms with Crippen LogP contribution in [0.2, 0.25) is 0 Å². The SMILES string of the molecule is NC(=O)COc1ccccc1C(=O)OCCCN1C(=O)c2ccccc2C1=O. The van der Waals surface area contributed by atoms with Crippen LogP contribution in [0.1, 0.15) is 37.5 Å². The highest BCUT2D eigenvalue weighted by atomic mass is 16.5. The van der Waals surface area contributed by atoms with E-state index in [0.717, 1.165) is 4.90 Å². The molecule has 0 radical (unpaired) electrons. The highest BCUT2D eigenvalue weighted by Gasteiger charge is 2.34. The number of carbonyl (C=O) groups excluding carboxylic acids is 4. The Hall–Kier alpha value is -3.68. The zero-order valence-electron chi connectivity index (χ0n) is 14.9. The van der Waals surface area contributed by atoms with Crippen LogP contribution in [-0.2, 0) is 9.53 Å². The average molecular weight is 382 g/mol. The summed E-state index contributed by atoms with van der Waals surface area (Å²) in [4.78, 5) is 48.8. The van der Waals surface area contributed by atoms with Crippen molar-refractivity contribution < 1.29 is 28.7 Å². The third kappa shape index (κ3) is 4.01. The van der Waals surface area contributed by atoms with Crippen LogP contribution in [0.15, 0.2) is 48.5 Å². The first-order valence-corrected chi connectivity index (χ1v) is 8.61. The number of ether oxygens (including phenoxy) is 2. The molecular formula is C20H18N2O6. The molecule has 2 N–H and O–H groups in total. The number of nitrogens with two attached hydrogens (primary N) is 1. The molecule has 1 heterocycles. The molecule has 0 saturated heterocycles. The molecule has 3 amide bonds. The van der Waals surface area contributed by atoms with E-state index in [-0.39, 0.29) is 42.9 Å². The summed E-state index contributed by atoms with van der Waals surface area (Å²) in [5, 5.41) is 0. The van der Waals surface area contributed by atoms with E-state index < -0.39 is 11.9 Å². The van der Waals surface area contributed by atoms with Gasteiger partial charge in [-0.25, -0.2) is 4.79 Å². The van der Waals surface area contributed by atoms with E-state index in [1.165, 1.54) is 12.1 Å². The van der Waals surface area contributed by atoms with E-state index in [4.69, 9.17) is 15.2 Å². The Morgan fingerprint density at radius 1 is 0.929 bits per heavy atom. The summed E-state index contributed by atoms with van der Waals surface area (Å²) < 4.78 is 10.4. The number of benzene rings is 2. The van der Waals surface area contributed by atoms with Crippen molar-refractivity contribution in [3.8, 4) is 5.75 Å². The summed E-state index contributed by atoms with van der Waals surface area (Å²) in [5.41, 5.74) is 5.96. The number of para-hydroxylation sites is 1. The van der Waals surface area contributed by atoms with Crippen molar-refractivity contribution >= 4 is 23.7 Å². The van der Waals surface area contributed by atoms with Gasteiger partial charge in [-0.05, 0) is 30.7 Å². The van der Waals surface area contributed by atoms with E-state index in [1.807, 2.05) is 0 Å². The highest BCUT2D eigenvalue weighted by Crippen LogP contribution is 2.23. The van der Waals surface area contributed by atoms with E-state index in [1.54, 1.807) is 36.4 Å². The topological polar surface area (TPSA) is 116 Å². The molecule has 0 atom stereocenters. The summed E-state index contributed by atoms with van der Waals surface area (Å²) in [6.07, 6.45) is 0.293. The van der Waals surface area contributed by atoms with E-state index in [9.17, 15) is 19.2 Å². The maximum atomic E-state index is 12.3. The van der Waals surface area contributed by atoms with Crippen LogP contribution in [0, 0.1) is 0 Å². The molecule has 2 aromatic rings. The second kappa shape index (κ2) is 8.34. The fourth-order valence-corrected chi connectivity index (χ4v) is 2.82.